The summed E-state index contributed by atoms with van der Waals surface area (Å²) < 4.78 is 38.7. The maximum absolute atomic E-state index is 12.9. The second-order valence-corrected chi connectivity index (χ2v) is 7.81. The first-order valence-corrected chi connectivity index (χ1v) is 8.72. The van der Waals surface area contributed by atoms with Crippen molar-refractivity contribution >= 4 is 5.91 Å². The van der Waals surface area contributed by atoms with Gasteiger partial charge in [-0.2, -0.15) is 13.2 Å². The number of carbonyl (C=O) groups excluding carboxylic acids is 1. The molecule has 1 aliphatic heterocycles. The number of carbonyl (C=O) groups is 1. The van der Waals surface area contributed by atoms with E-state index in [1.165, 1.54) is 4.90 Å². The summed E-state index contributed by atoms with van der Waals surface area (Å²) in [6, 6.07) is 9.74. The third kappa shape index (κ3) is 5.46. The SMILES string of the molecule is CC(C)(C)C(NCC(=O)N1CCCC(C(F)(F)F)C1)c1ccccc1. The Hall–Kier alpha value is -1.56. The molecule has 0 aromatic heterocycles. The van der Waals surface area contributed by atoms with E-state index in [-0.39, 0.29) is 36.9 Å². The predicted molar refractivity (Wildman–Crippen MR) is 92.0 cm³/mol. The molecule has 1 aromatic rings. The lowest BCUT2D eigenvalue weighted by Gasteiger charge is -2.36. The molecular formula is C19H27F3N2O. The Balaban J connectivity index is 1.99. The molecule has 25 heavy (non-hydrogen) atoms. The van der Waals surface area contributed by atoms with Crippen molar-refractivity contribution in [3.8, 4) is 0 Å². The third-order valence-corrected chi connectivity index (χ3v) is 4.69. The number of halogens is 3. The molecule has 1 aliphatic rings. The van der Waals surface area contributed by atoms with E-state index in [1.807, 2.05) is 30.3 Å². The van der Waals surface area contributed by atoms with Gasteiger partial charge < -0.3 is 10.2 Å². The number of amides is 1. The van der Waals surface area contributed by atoms with E-state index >= 15 is 0 Å². The van der Waals surface area contributed by atoms with Crippen LogP contribution in [0.25, 0.3) is 0 Å². The average Bonchev–Trinajstić information content (AvgIpc) is 2.54. The van der Waals surface area contributed by atoms with E-state index in [4.69, 9.17) is 0 Å². The maximum Gasteiger partial charge on any atom is 0.393 e. The highest BCUT2D eigenvalue weighted by Crippen LogP contribution is 2.34. The van der Waals surface area contributed by atoms with Gasteiger partial charge in [0.25, 0.3) is 0 Å². The Bertz CT molecular complexity index is 566. The average molecular weight is 356 g/mol. The van der Waals surface area contributed by atoms with Crippen LogP contribution in [0, 0.1) is 11.3 Å². The fourth-order valence-electron chi connectivity index (χ4n) is 3.34. The van der Waals surface area contributed by atoms with E-state index in [2.05, 4.69) is 26.1 Å². The van der Waals surface area contributed by atoms with Crippen molar-refractivity contribution < 1.29 is 18.0 Å². The van der Waals surface area contributed by atoms with Gasteiger partial charge in [0, 0.05) is 19.1 Å². The quantitative estimate of drug-likeness (QED) is 0.878. The van der Waals surface area contributed by atoms with Crippen LogP contribution >= 0.6 is 0 Å². The van der Waals surface area contributed by atoms with Gasteiger partial charge in [0.2, 0.25) is 5.91 Å². The number of hydrogen-bond acceptors (Lipinski definition) is 2. The number of benzene rings is 1. The van der Waals surface area contributed by atoms with Crippen LogP contribution in [0.1, 0.15) is 45.2 Å². The van der Waals surface area contributed by atoms with Crippen molar-refractivity contribution in [2.45, 2.75) is 45.8 Å². The van der Waals surface area contributed by atoms with Gasteiger partial charge in [-0.25, -0.2) is 0 Å². The number of nitrogens with zero attached hydrogens (tertiary/aromatic N) is 1. The zero-order chi connectivity index (χ0) is 18.7. The highest BCUT2D eigenvalue weighted by Gasteiger charge is 2.42. The first-order chi connectivity index (χ1) is 11.6. The highest BCUT2D eigenvalue weighted by molar-refractivity contribution is 5.78. The molecule has 0 aliphatic carbocycles. The second kappa shape index (κ2) is 7.77. The smallest absolute Gasteiger partial charge is 0.341 e. The number of piperidine rings is 1. The van der Waals surface area contributed by atoms with Crippen LogP contribution in [0.4, 0.5) is 13.2 Å². The van der Waals surface area contributed by atoms with Crippen molar-refractivity contribution in [2.24, 2.45) is 11.3 Å². The standard InChI is InChI=1S/C19H27F3N2O/c1-18(2,3)17(14-8-5-4-6-9-14)23-12-16(25)24-11-7-10-15(13-24)19(20,21)22/h4-6,8-9,15,17,23H,7,10-13H2,1-3H3. The molecule has 2 rings (SSSR count). The summed E-state index contributed by atoms with van der Waals surface area (Å²) in [5.41, 5.74) is 0.938. The summed E-state index contributed by atoms with van der Waals surface area (Å²) >= 11 is 0. The molecule has 1 aromatic carbocycles. The number of nitrogens with one attached hydrogen (secondary N) is 1. The Kier molecular flexibility index (Phi) is 6.14. The molecule has 0 bridgehead atoms. The van der Waals surface area contributed by atoms with Crippen molar-refractivity contribution in [1.29, 1.82) is 0 Å². The Morgan fingerprint density at radius 3 is 2.44 bits per heavy atom. The maximum atomic E-state index is 12.9. The monoisotopic (exact) mass is 356 g/mol. The molecule has 1 amide bonds. The molecule has 1 fully saturated rings. The Morgan fingerprint density at radius 2 is 1.88 bits per heavy atom. The summed E-state index contributed by atoms with van der Waals surface area (Å²) in [4.78, 5) is 13.8. The lowest BCUT2D eigenvalue weighted by Crippen LogP contribution is -2.48. The molecule has 0 radical (unpaired) electrons. The van der Waals surface area contributed by atoms with E-state index in [1.54, 1.807) is 0 Å². The van der Waals surface area contributed by atoms with Gasteiger partial charge in [0.05, 0.1) is 12.5 Å². The molecule has 140 valence electrons. The molecule has 0 spiro atoms. The molecule has 1 heterocycles. The molecule has 1 saturated heterocycles. The number of alkyl halides is 3. The van der Waals surface area contributed by atoms with Crippen LogP contribution in [-0.2, 0) is 4.79 Å². The molecule has 2 unspecified atom stereocenters. The fourth-order valence-corrected chi connectivity index (χ4v) is 3.34. The normalized spacial score (nSPS) is 20.4. The number of rotatable bonds is 4. The first-order valence-electron chi connectivity index (χ1n) is 8.72. The topological polar surface area (TPSA) is 32.3 Å². The van der Waals surface area contributed by atoms with Gasteiger partial charge in [-0.1, -0.05) is 51.1 Å². The predicted octanol–water partition coefficient (Wildman–Crippen LogP) is 4.16. The van der Waals surface area contributed by atoms with E-state index < -0.39 is 12.1 Å². The summed E-state index contributed by atoms with van der Waals surface area (Å²) in [5, 5.41) is 3.25. The first kappa shape index (κ1) is 19.8. The number of hydrogen-bond donors (Lipinski definition) is 1. The minimum atomic E-state index is -4.23. The van der Waals surface area contributed by atoms with Crippen LogP contribution in [-0.4, -0.2) is 36.6 Å². The zero-order valence-corrected chi connectivity index (χ0v) is 15.1. The van der Waals surface area contributed by atoms with Crippen LogP contribution in [0.15, 0.2) is 30.3 Å². The van der Waals surface area contributed by atoms with Crippen LogP contribution in [0.3, 0.4) is 0 Å². The van der Waals surface area contributed by atoms with Gasteiger partial charge in [-0.3, -0.25) is 4.79 Å². The minimum absolute atomic E-state index is 0.0431. The summed E-state index contributed by atoms with van der Waals surface area (Å²) in [5.74, 6) is -1.67. The number of likely N-dealkylation sites (tertiary alicyclic amines) is 1. The molecule has 6 heteroatoms. The largest absolute Gasteiger partial charge is 0.393 e. The van der Waals surface area contributed by atoms with Crippen molar-refractivity contribution in [2.75, 3.05) is 19.6 Å². The molecular weight excluding hydrogens is 329 g/mol. The Labute approximate surface area is 147 Å². The van der Waals surface area contributed by atoms with Gasteiger partial charge in [-0.15, -0.1) is 0 Å². The summed E-state index contributed by atoms with van der Waals surface area (Å²) in [6.07, 6.45) is -3.73. The van der Waals surface area contributed by atoms with Gasteiger partial charge >= 0.3 is 6.18 Å². The van der Waals surface area contributed by atoms with E-state index in [0.29, 0.717) is 13.0 Å². The van der Waals surface area contributed by atoms with Gasteiger partial charge in [-0.05, 0) is 23.8 Å². The van der Waals surface area contributed by atoms with E-state index in [9.17, 15) is 18.0 Å². The minimum Gasteiger partial charge on any atom is -0.341 e. The van der Waals surface area contributed by atoms with Gasteiger partial charge in [0.15, 0.2) is 0 Å². The van der Waals surface area contributed by atoms with Crippen molar-refractivity contribution in [3.63, 3.8) is 0 Å². The second-order valence-electron chi connectivity index (χ2n) is 7.81. The van der Waals surface area contributed by atoms with Crippen LogP contribution in [0.5, 0.6) is 0 Å². The third-order valence-electron chi connectivity index (χ3n) is 4.69. The van der Waals surface area contributed by atoms with Crippen LogP contribution < -0.4 is 5.32 Å². The lowest BCUT2D eigenvalue weighted by molar-refractivity contribution is -0.187. The molecule has 3 nitrogen and oxygen atoms in total. The van der Waals surface area contributed by atoms with Crippen LogP contribution in [0.2, 0.25) is 0 Å². The Morgan fingerprint density at radius 1 is 1.24 bits per heavy atom. The fraction of sp³-hybridized carbons (Fsp3) is 0.632. The lowest BCUT2D eigenvalue weighted by atomic mass is 9.82. The highest BCUT2D eigenvalue weighted by atomic mass is 19.4. The zero-order valence-electron chi connectivity index (χ0n) is 15.1. The molecule has 1 N–H and O–H groups in total. The summed E-state index contributed by atoms with van der Waals surface area (Å²) in [7, 11) is 0. The van der Waals surface area contributed by atoms with Crippen molar-refractivity contribution in [1.82, 2.24) is 10.2 Å². The van der Waals surface area contributed by atoms with Gasteiger partial charge in [0.1, 0.15) is 0 Å². The summed E-state index contributed by atoms with van der Waals surface area (Å²) in [6.45, 7) is 6.43. The molecule has 0 saturated carbocycles. The van der Waals surface area contributed by atoms with E-state index in [0.717, 1.165) is 5.56 Å². The van der Waals surface area contributed by atoms with Crippen molar-refractivity contribution in [3.05, 3.63) is 35.9 Å². The molecule has 2 atom stereocenters.